The Bertz CT molecular complexity index is 1390. The lowest BCUT2D eigenvalue weighted by atomic mass is 10.0. The van der Waals surface area contributed by atoms with Gasteiger partial charge < -0.3 is 31.0 Å². The molecule has 1 unspecified atom stereocenters. The smallest absolute Gasteiger partial charge is 0.407 e. The zero-order valence-corrected chi connectivity index (χ0v) is 25.8. The van der Waals surface area contributed by atoms with E-state index in [4.69, 9.17) is 15.3 Å². The molecule has 5 N–H and O–H groups in total. The fraction of sp³-hybridized carbons (Fsp3) is 0.500. The average molecular weight is 658 g/mol. The van der Waals surface area contributed by atoms with Crippen molar-refractivity contribution in [2.24, 2.45) is 5.16 Å². The summed E-state index contributed by atoms with van der Waals surface area (Å²) < 4.78 is 9.85. The number of carbonyl (C=O) groups is 4. The number of hydrogen-bond acceptors (Lipinski definition) is 16. The van der Waals surface area contributed by atoms with Crippen LogP contribution < -0.4 is 16.4 Å². The van der Waals surface area contributed by atoms with E-state index in [0.717, 1.165) is 11.5 Å². The second kappa shape index (κ2) is 13.7. The number of fused-ring (bicyclic) bond motifs is 1. The van der Waals surface area contributed by atoms with Gasteiger partial charge in [-0.1, -0.05) is 28.3 Å². The molecule has 2 aliphatic rings. The molecule has 0 bridgehead atoms. The summed E-state index contributed by atoms with van der Waals surface area (Å²) in [4.78, 5) is 60.6. The standard InChI is InChI=1S/C22H27N9O7S4/c1-22(2,3)38-20(36)24-5-4-6-37-29-11(14-27-19(23)42-30-14)15(32)26-12-16(33)31-13(18(34)35)10(7-39-17(12)31)8-40-21-28-25-9-41-21/h9,12,17H,4-8H2,1-3H3,(H,24,36)(H,26,32)(H,34,35)(H2,23,27,30)/t12?,17-/m1/s1. The Balaban J connectivity index is 1.37. The van der Waals surface area contributed by atoms with Gasteiger partial charge in [0.05, 0.1) is 0 Å². The number of carbonyl (C=O) groups excluding carboxylic acids is 3. The van der Waals surface area contributed by atoms with Crippen LogP contribution in [0.4, 0.5) is 9.93 Å². The Morgan fingerprint density at radius 2 is 2.12 bits per heavy atom. The second-order valence-electron chi connectivity index (χ2n) is 9.62. The number of hydrogen-bond donors (Lipinski definition) is 4. The zero-order chi connectivity index (χ0) is 30.4. The number of carboxylic acids is 1. The van der Waals surface area contributed by atoms with Crippen LogP contribution in [0.15, 0.2) is 26.3 Å². The van der Waals surface area contributed by atoms with E-state index >= 15 is 0 Å². The largest absolute Gasteiger partial charge is 0.477 e. The molecule has 2 aromatic rings. The molecule has 3 amide bonds. The van der Waals surface area contributed by atoms with Crippen molar-refractivity contribution in [2.45, 2.75) is 48.5 Å². The molecule has 0 aliphatic carbocycles. The number of nitrogens with zero attached hydrogens (tertiary/aromatic N) is 6. The first-order valence-electron chi connectivity index (χ1n) is 12.3. The fourth-order valence-corrected chi connectivity index (χ4v) is 7.05. The topological polar surface area (TPSA) is 224 Å². The molecule has 2 aliphatic heterocycles. The van der Waals surface area contributed by atoms with Crippen molar-refractivity contribution in [3.8, 4) is 0 Å². The summed E-state index contributed by atoms with van der Waals surface area (Å²) in [6, 6.07) is -1.01. The van der Waals surface area contributed by atoms with Crippen molar-refractivity contribution in [3.63, 3.8) is 0 Å². The number of anilines is 1. The van der Waals surface area contributed by atoms with E-state index < -0.39 is 40.9 Å². The van der Waals surface area contributed by atoms with Gasteiger partial charge in [0, 0.05) is 36.0 Å². The number of alkyl carbamates (subject to hydrolysis) is 1. The Kier molecular flexibility index (Phi) is 10.2. The van der Waals surface area contributed by atoms with Crippen LogP contribution in [0.5, 0.6) is 0 Å². The molecule has 20 heteroatoms. The van der Waals surface area contributed by atoms with Gasteiger partial charge in [-0.25, -0.2) is 9.59 Å². The summed E-state index contributed by atoms with van der Waals surface area (Å²) in [5, 5.41) is 26.1. The molecule has 16 nitrogen and oxygen atoms in total. The lowest BCUT2D eigenvalue weighted by molar-refractivity contribution is -0.150. The van der Waals surface area contributed by atoms with Crippen LogP contribution in [-0.4, -0.2) is 101 Å². The molecule has 0 radical (unpaired) electrons. The molecular weight excluding hydrogens is 631 g/mol. The maximum absolute atomic E-state index is 13.2. The van der Waals surface area contributed by atoms with Gasteiger partial charge in [0.1, 0.15) is 34.8 Å². The van der Waals surface area contributed by atoms with Crippen LogP contribution >= 0.6 is 46.4 Å². The number of thioether (sulfide) groups is 2. The van der Waals surface area contributed by atoms with E-state index in [1.165, 1.54) is 39.8 Å². The van der Waals surface area contributed by atoms with Gasteiger partial charge >= 0.3 is 12.1 Å². The molecule has 0 spiro atoms. The average Bonchev–Trinajstić information content (AvgIpc) is 3.60. The highest BCUT2D eigenvalue weighted by molar-refractivity contribution is 8.01. The number of oxime groups is 1. The Labute approximate surface area is 256 Å². The minimum Gasteiger partial charge on any atom is -0.477 e. The van der Waals surface area contributed by atoms with Gasteiger partial charge in [-0.15, -0.1) is 22.0 Å². The highest BCUT2D eigenvalue weighted by Gasteiger charge is 2.54. The molecule has 42 heavy (non-hydrogen) atoms. The molecule has 2 atom stereocenters. The number of amides is 3. The van der Waals surface area contributed by atoms with Gasteiger partial charge in [0.2, 0.25) is 11.5 Å². The van der Waals surface area contributed by atoms with Crippen molar-refractivity contribution in [2.75, 3.05) is 30.4 Å². The van der Waals surface area contributed by atoms with Crippen LogP contribution in [0, 0.1) is 0 Å². The SMILES string of the molecule is CC(C)(C)OC(=O)NCCCON=C(C(=O)NC1C(=O)N2C(C(=O)O)=C(CSc3nncs3)CS[C@H]12)c1nsc(N)n1. The van der Waals surface area contributed by atoms with Crippen molar-refractivity contribution >= 4 is 81.1 Å². The van der Waals surface area contributed by atoms with Crippen LogP contribution in [-0.2, 0) is 24.0 Å². The van der Waals surface area contributed by atoms with Gasteiger partial charge in [-0.05, 0) is 26.3 Å². The Hall–Kier alpha value is -3.49. The fourth-order valence-electron chi connectivity index (χ4n) is 3.65. The normalized spacial score (nSPS) is 18.7. The maximum atomic E-state index is 13.2. The third-order valence-corrected chi connectivity index (χ3v) is 9.18. The lowest BCUT2D eigenvalue weighted by Gasteiger charge is -2.49. The van der Waals surface area contributed by atoms with E-state index in [-0.39, 0.29) is 35.5 Å². The minimum absolute atomic E-state index is 0.0332. The van der Waals surface area contributed by atoms with Crippen molar-refractivity contribution < 1.29 is 33.9 Å². The Morgan fingerprint density at radius 1 is 1.33 bits per heavy atom. The maximum Gasteiger partial charge on any atom is 0.407 e. The number of rotatable bonds is 12. The van der Waals surface area contributed by atoms with E-state index in [0.29, 0.717) is 27.8 Å². The molecule has 1 saturated heterocycles. The van der Waals surface area contributed by atoms with Gasteiger partial charge in [0.25, 0.3) is 11.8 Å². The summed E-state index contributed by atoms with van der Waals surface area (Å²) in [5.41, 5.74) is 6.79. The summed E-state index contributed by atoms with van der Waals surface area (Å²) in [5.74, 6) is -2.02. The van der Waals surface area contributed by atoms with Crippen molar-refractivity contribution in [1.82, 2.24) is 35.1 Å². The zero-order valence-electron chi connectivity index (χ0n) is 22.6. The van der Waals surface area contributed by atoms with Gasteiger partial charge in [0.15, 0.2) is 9.47 Å². The van der Waals surface area contributed by atoms with Crippen LogP contribution in [0.25, 0.3) is 0 Å². The molecule has 4 heterocycles. The van der Waals surface area contributed by atoms with E-state index in [2.05, 4.69) is 35.3 Å². The predicted octanol–water partition coefficient (Wildman–Crippen LogP) is 1.14. The monoisotopic (exact) mass is 657 g/mol. The third kappa shape index (κ3) is 7.86. The summed E-state index contributed by atoms with van der Waals surface area (Å²) >= 11 is 4.85. The molecular formula is C22H27N9O7S4. The summed E-state index contributed by atoms with van der Waals surface area (Å²) in [7, 11) is 0. The van der Waals surface area contributed by atoms with E-state index in [1.807, 2.05) is 0 Å². The number of ether oxygens (including phenoxy) is 1. The quantitative estimate of drug-likeness (QED) is 0.0826. The molecule has 2 aromatic heterocycles. The molecule has 0 saturated carbocycles. The van der Waals surface area contributed by atoms with Crippen LogP contribution in [0.3, 0.4) is 0 Å². The first-order chi connectivity index (χ1) is 19.9. The first-order valence-corrected chi connectivity index (χ1v) is 16.0. The van der Waals surface area contributed by atoms with Crippen LogP contribution in [0.2, 0.25) is 0 Å². The number of β-lactam (4-membered cyclic amide) rings is 1. The highest BCUT2D eigenvalue weighted by atomic mass is 32.2. The minimum atomic E-state index is -1.23. The van der Waals surface area contributed by atoms with E-state index in [9.17, 15) is 24.3 Å². The summed E-state index contributed by atoms with van der Waals surface area (Å²) in [6.07, 6.45) is -0.222. The molecule has 0 aromatic carbocycles. The summed E-state index contributed by atoms with van der Waals surface area (Å²) in [6.45, 7) is 5.52. The molecule has 1 fully saturated rings. The predicted molar refractivity (Wildman–Crippen MR) is 156 cm³/mol. The number of aliphatic carboxylic acids is 1. The van der Waals surface area contributed by atoms with Crippen molar-refractivity contribution in [1.29, 1.82) is 0 Å². The number of aromatic nitrogens is 4. The number of nitrogen functional groups attached to an aromatic ring is 1. The second-order valence-corrected chi connectivity index (χ2v) is 13.6. The number of carboxylic acid groups (broad SMARTS) is 1. The van der Waals surface area contributed by atoms with Crippen LogP contribution in [0.1, 0.15) is 33.0 Å². The van der Waals surface area contributed by atoms with Gasteiger partial charge in [-0.3, -0.25) is 14.5 Å². The van der Waals surface area contributed by atoms with Crippen molar-refractivity contribution in [3.05, 3.63) is 22.6 Å². The van der Waals surface area contributed by atoms with Gasteiger partial charge in [-0.2, -0.15) is 9.36 Å². The number of nitrogens with two attached hydrogens (primary N) is 1. The third-order valence-electron chi connectivity index (χ3n) is 5.35. The molecule has 4 rings (SSSR count). The first kappa shape index (κ1) is 31.4. The lowest BCUT2D eigenvalue weighted by Crippen LogP contribution is -2.71. The molecule has 226 valence electrons. The highest BCUT2D eigenvalue weighted by Crippen LogP contribution is 2.41. The van der Waals surface area contributed by atoms with E-state index in [1.54, 1.807) is 26.3 Å². The number of nitrogens with one attached hydrogen (secondary N) is 2. The Morgan fingerprint density at radius 3 is 2.76 bits per heavy atom.